The maximum absolute atomic E-state index is 14.0. The van der Waals surface area contributed by atoms with Crippen LogP contribution in [0.4, 0.5) is 4.39 Å². The number of halogens is 2. The van der Waals surface area contributed by atoms with Crippen LogP contribution in [0.5, 0.6) is 11.5 Å². The predicted octanol–water partition coefficient (Wildman–Crippen LogP) is 3.76. The molecular formula is C20H24FIN4O2. The molecule has 0 amide bonds. The van der Waals surface area contributed by atoms with Crippen molar-refractivity contribution in [2.24, 2.45) is 4.99 Å². The van der Waals surface area contributed by atoms with E-state index in [1.165, 1.54) is 6.07 Å². The zero-order valence-corrected chi connectivity index (χ0v) is 18.6. The molecule has 1 unspecified atom stereocenters. The molecule has 0 saturated carbocycles. The number of benzene rings is 2. The van der Waals surface area contributed by atoms with Crippen LogP contribution in [0.25, 0.3) is 0 Å². The fourth-order valence-electron chi connectivity index (χ4n) is 2.59. The van der Waals surface area contributed by atoms with Crippen molar-refractivity contribution in [2.45, 2.75) is 19.5 Å². The van der Waals surface area contributed by atoms with Gasteiger partial charge in [0.2, 0.25) is 0 Å². The fraction of sp³-hybridized carbons (Fsp3) is 0.300. The Morgan fingerprint density at radius 2 is 1.96 bits per heavy atom. The van der Waals surface area contributed by atoms with Gasteiger partial charge in [-0.2, -0.15) is 5.26 Å². The smallest absolute Gasteiger partial charge is 0.191 e. The second-order valence-electron chi connectivity index (χ2n) is 5.82. The first-order valence-electron chi connectivity index (χ1n) is 8.40. The number of hydrogen-bond donors (Lipinski definition) is 2. The Kier molecular flexibility index (Phi) is 9.51. The van der Waals surface area contributed by atoms with Crippen LogP contribution in [0.2, 0.25) is 0 Å². The van der Waals surface area contributed by atoms with Crippen molar-refractivity contribution in [1.29, 1.82) is 5.26 Å². The molecule has 0 spiro atoms. The quantitative estimate of drug-likeness (QED) is 0.361. The van der Waals surface area contributed by atoms with Gasteiger partial charge in [0.15, 0.2) is 5.96 Å². The Bertz CT molecular complexity index is 868. The van der Waals surface area contributed by atoms with Crippen molar-refractivity contribution < 1.29 is 13.9 Å². The molecule has 150 valence electrons. The van der Waals surface area contributed by atoms with Crippen LogP contribution in [0, 0.1) is 17.1 Å². The zero-order chi connectivity index (χ0) is 19.8. The average molecular weight is 498 g/mol. The minimum absolute atomic E-state index is 0. The first-order valence-corrected chi connectivity index (χ1v) is 8.40. The van der Waals surface area contributed by atoms with Gasteiger partial charge in [-0.1, -0.05) is 6.07 Å². The number of ether oxygens (including phenoxy) is 2. The summed E-state index contributed by atoms with van der Waals surface area (Å²) < 4.78 is 24.7. The molecule has 1 atom stereocenters. The van der Waals surface area contributed by atoms with Gasteiger partial charge in [-0.15, -0.1) is 24.0 Å². The largest absolute Gasteiger partial charge is 0.497 e. The second kappa shape index (κ2) is 11.3. The molecule has 0 aliphatic rings. The molecule has 0 radical (unpaired) electrons. The molecule has 0 heterocycles. The number of nitrogens with one attached hydrogen (secondary N) is 2. The minimum atomic E-state index is -0.431. The SMILES string of the molecule is CN=C(NCc1ccc(C#N)cc1F)NC(C)c1cc(OC)ccc1OC.I. The summed E-state index contributed by atoms with van der Waals surface area (Å²) in [5.74, 6) is 1.53. The molecule has 0 bridgehead atoms. The van der Waals surface area contributed by atoms with Crippen molar-refractivity contribution in [2.75, 3.05) is 21.3 Å². The lowest BCUT2D eigenvalue weighted by molar-refractivity contribution is 0.394. The molecule has 0 aliphatic carbocycles. The maximum Gasteiger partial charge on any atom is 0.191 e. The van der Waals surface area contributed by atoms with Crippen molar-refractivity contribution in [1.82, 2.24) is 10.6 Å². The van der Waals surface area contributed by atoms with Crippen LogP contribution >= 0.6 is 24.0 Å². The van der Waals surface area contributed by atoms with Crippen LogP contribution in [0.3, 0.4) is 0 Å². The lowest BCUT2D eigenvalue weighted by Crippen LogP contribution is -2.38. The Balaban J connectivity index is 0.00000392. The summed E-state index contributed by atoms with van der Waals surface area (Å²) in [5.41, 5.74) is 1.64. The molecule has 2 aromatic rings. The number of rotatable bonds is 6. The summed E-state index contributed by atoms with van der Waals surface area (Å²) in [6.07, 6.45) is 0. The molecule has 2 aromatic carbocycles. The molecule has 0 saturated heterocycles. The highest BCUT2D eigenvalue weighted by atomic mass is 127. The Labute approximate surface area is 181 Å². The van der Waals surface area contributed by atoms with E-state index in [-0.39, 0.29) is 42.1 Å². The number of aliphatic imine (C=N–C) groups is 1. The van der Waals surface area contributed by atoms with E-state index in [0.29, 0.717) is 11.5 Å². The lowest BCUT2D eigenvalue weighted by atomic mass is 10.1. The maximum atomic E-state index is 14.0. The Morgan fingerprint density at radius 3 is 2.54 bits per heavy atom. The number of nitrogens with zero attached hydrogens (tertiary/aromatic N) is 2. The Hall–Kier alpha value is -2.54. The van der Waals surface area contributed by atoms with Crippen LogP contribution in [-0.4, -0.2) is 27.2 Å². The summed E-state index contributed by atoms with van der Waals surface area (Å²) >= 11 is 0. The van der Waals surface area contributed by atoms with E-state index in [9.17, 15) is 4.39 Å². The molecule has 2 rings (SSSR count). The molecule has 2 N–H and O–H groups in total. The third-order valence-corrected chi connectivity index (χ3v) is 4.11. The van der Waals surface area contributed by atoms with E-state index in [0.717, 1.165) is 17.1 Å². The van der Waals surface area contributed by atoms with Crippen molar-refractivity contribution in [3.8, 4) is 17.6 Å². The van der Waals surface area contributed by atoms with Crippen molar-refractivity contribution in [3.63, 3.8) is 0 Å². The summed E-state index contributed by atoms with van der Waals surface area (Å²) in [4.78, 5) is 4.18. The standard InChI is InChI=1S/C20H23FN4O2.HI/c1-13(17-10-16(26-3)7-8-19(17)27-4)25-20(23-2)24-12-15-6-5-14(11-22)9-18(15)21;/h5-10,13H,12H2,1-4H3,(H2,23,24,25);1H. The van der Waals surface area contributed by atoms with Gasteiger partial charge in [0.1, 0.15) is 17.3 Å². The minimum Gasteiger partial charge on any atom is -0.497 e. The van der Waals surface area contributed by atoms with Crippen LogP contribution in [0.1, 0.15) is 29.7 Å². The third kappa shape index (κ3) is 5.99. The van der Waals surface area contributed by atoms with E-state index in [1.807, 2.05) is 31.2 Å². The molecule has 0 aliphatic heterocycles. The monoisotopic (exact) mass is 498 g/mol. The van der Waals surface area contributed by atoms with Gasteiger partial charge in [-0.3, -0.25) is 4.99 Å². The van der Waals surface area contributed by atoms with Gasteiger partial charge in [0.25, 0.3) is 0 Å². The van der Waals surface area contributed by atoms with Crippen molar-refractivity contribution in [3.05, 3.63) is 58.9 Å². The fourth-order valence-corrected chi connectivity index (χ4v) is 2.59. The highest BCUT2D eigenvalue weighted by Crippen LogP contribution is 2.29. The normalized spacial score (nSPS) is 11.6. The van der Waals surface area contributed by atoms with Gasteiger partial charge in [0, 0.05) is 24.7 Å². The second-order valence-corrected chi connectivity index (χ2v) is 5.82. The van der Waals surface area contributed by atoms with Gasteiger partial charge in [0.05, 0.1) is 31.9 Å². The van der Waals surface area contributed by atoms with Gasteiger partial charge < -0.3 is 20.1 Å². The molecule has 0 fully saturated rings. The third-order valence-electron chi connectivity index (χ3n) is 4.11. The molecule has 0 aromatic heterocycles. The van der Waals surface area contributed by atoms with E-state index in [1.54, 1.807) is 33.4 Å². The van der Waals surface area contributed by atoms with Crippen LogP contribution in [0.15, 0.2) is 41.4 Å². The Morgan fingerprint density at radius 1 is 1.21 bits per heavy atom. The summed E-state index contributed by atoms with van der Waals surface area (Å²) in [5, 5.41) is 15.1. The number of nitriles is 1. The molecule has 28 heavy (non-hydrogen) atoms. The summed E-state index contributed by atoms with van der Waals surface area (Å²) in [7, 11) is 4.86. The molecule has 8 heteroatoms. The van der Waals surface area contributed by atoms with E-state index in [2.05, 4.69) is 15.6 Å². The first kappa shape index (κ1) is 23.5. The molecule has 6 nitrogen and oxygen atoms in total. The summed E-state index contributed by atoms with van der Waals surface area (Å²) in [6.45, 7) is 2.20. The van der Waals surface area contributed by atoms with Crippen molar-refractivity contribution >= 4 is 29.9 Å². The van der Waals surface area contributed by atoms with E-state index >= 15 is 0 Å². The number of methoxy groups -OCH3 is 2. The topological polar surface area (TPSA) is 78.7 Å². The van der Waals surface area contributed by atoms with E-state index < -0.39 is 5.82 Å². The van der Waals surface area contributed by atoms with Gasteiger partial charge in [-0.25, -0.2) is 4.39 Å². The zero-order valence-electron chi connectivity index (χ0n) is 16.2. The van der Waals surface area contributed by atoms with Gasteiger partial charge in [-0.05, 0) is 37.3 Å². The highest BCUT2D eigenvalue weighted by molar-refractivity contribution is 14.0. The average Bonchev–Trinajstić information content (AvgIpc) is 2.70. The predicted molar refractivity (Wildman–Crippen MR) is 118 cm³/mol. The number of guanidine groups is 1. The van der Waals surface area contributed by atoms with Crippen LogP contribution < -0.4 is 20.1 Å². The van der Waals surface area contributed by atoms with Crippen LogP contribution in [-0.2, 0) is 6.54 Å². The first-order chi connectivity index (χ1) is 13.0. The highest BCUT2D eigenvalue weighted by Gasteiger charge is 2.14. The summed E-state index contributed by atoms with van der Waals surface area (Å²) in [6, 6.07) is 11.7. The van der Waals surface area contributed by atoms with E-state index in [4.69, 9.17) is 14.7 Å². The lowest BCUT2D eigenvalue weighted by Gasteiger charge is -2.21. The van der Waals surface area contributed by atoms with Gasteiger partial charge >= 0.3 is 0 Å². The number of hydrogen-bond acceptors (Lipinski definition) is 4. The molecular weight excluding hydrogens is 474 g/mol.